The molecular weight excluding hydrogens is 268 g/mol. The highest BCUT2D eigenvalue weighted by Gasteiger charge is 2.35. The van der Waals surface area contributed by atoms with Crippen molar-refractivity contribution in [2.75, 3.05) is 11.4 Å². The lowest BCUT2D eigenvalue weighted by molar-refractivity contribution is -0.138. The van der Waals surface area contributed by atoms with Gasteiger partial charge in [0.2, 0.25) is 0 Å². The topological polar surface area (TPSA) is 53.4 Å². The van der Waals surface area contributed by atoms with Crippen LogP contribution in [0.5, 0.6) is 0 Å². The molecule has 2 aromatic rings. The van der Waals surface area contributed by atoms with Gasteiger partial charge in [-0.3, -0.25) is 0 Å². The van der Waals surface area contributed by atoms with E-state index < -0.39 is 12.0 Å². The molecule has 1 unspecified atom stereocenters. The lowest BCUT2D eigenvalue weighted by Gasteiger charge is -2.32. The van der Waals surface area contributed by atoms with Crippen molar-refractivity contribution >= 4 is 33.8 Å². The first-order valence-electron chi connectivity index (χ1n) is 5.64. The molecule has 0 amide bonds. The average molecular weight is 280 g/mol. The fraction of sp³-hybridized carbons (Fsp3) is 0.333. The van der Waals surface area contributed by atoms with Crippen molar-refractivity contribution in [2.45, 2.75) is 19.4 Å². The Hall–Kier alpha value is -1.40. The third kappa shape index (κ3) is 1.81. The van der Waals surface area contributed by atoms with E-state index in [0.29, 0.717) is 0 Å². The Bertz CT molecular complexity index is 590. The number of thiazole rings is 1. The number of thiophene rings is 1. The maximum absolute atomic E-state index is 11.5. The van der Waals surface area contributed by atoms with Crippen LogP contribution in [-0.4, -0.2) is 22.6 Å². The summed E-state index contributed by atoms with van der Waals surface area (Å²) in [6.45, 7) is 2.65. The SMILES string of the molecule is Cc1csc(N2CCc3sccc3C2C(=O)O)n1. The molecule has 0 fully saturated rings. The number of carboxylic acid groups (broad SMARTS) is 1. The second-order valence-corrected chi connectivity index (χ2v) is 6.09. The minimum Gasteiger partial charge on any atom is -0.479 e. The number of anilines is 1. The molecule has 2 aromatic heterocycles. The summed E-state index contributed by atoms with van der Waals surface area (Å²) in [7, 11) is 0. The minimum absolute atomic E-state index is 0.592. The van der Waals surface area contributed by atoms with Gasteiger partial charge in [0.1, 0.15) is 0 Å². The van der Waals surface area contributed by atoms with Crippen LogP contribution >= 0.6 is 22.7 Å². The molecule has 1 aliphatic heterocycles. The lowest BCUT2D eigenvalue weighted by atomic mass is 10.0. The van der Waals surface area contributed by atoms with Crippen LogP contribution in [-0.2, 0) is 11.2 Å². The van der Waals surface area contributed by atoms with Crippen LogP contribution in [0, 0.1) is 6.92 Å². The number of aromatic nitrogens is 1. The van der Waals surface area contributed by atoms with Gasteiger partial charge >= 0.3 is 5.97 Å². The van der Waals surface area contributed by atoms with E-state index in [9.17, 15) is 9.90 Å². The van der Waals surface area contributed by atoms with E-state index in [4.69, 9.17) is 0 Å². The highest BCUT2D eigenvalue weighted by molar-refractivity contribution is 7.13. The first kappa shape index (κ1) is 11.7. The molecule has 0 saturated heterocycles. The van der Waals surface area contributed by atoms with Crippen molar-refractivity contribution in [3.05, 3.63) is 33.0 Å². The number of hydrogen-bond donors (Lipinski definition) is 1. The van der Waals surface area contributed by atoms with Gasteiger partial charge in [-0.15, -0.1) is 22.7 Å². The summed E-state index contributed by atoms with van der Waals surface area (Å²) < 4.78 is 0. The minimum atomic E-state index is -0.804. The quantitative estimate of drug-likeness (QED) is 0.919. The molecule has 3 rings (SSSR count). The van der Waals surface area contributed by atoms with E-state index in [-0.39, 0.29) is 0 Å². The number of hydrogen-bond acceptors (Lipinski definition) is 5. The molecular formula is C12H12N2O2S2. The molecule has 0 radical (unpaired) electrons. The monoisotopic (exact) mass is 280 g/mol. The van der Waals surface area contributed by atoms with E-state index >= 15 is 0 Å². The lowest BCUT2D eigenvalue weighted by Crippen LogP contribution is -2.39. The molecule has 0 aromatic carbocycles. The summed E-state index contributed by atoms with van der Waals surface area (Å²) in [5, 5.41) is 14.2. The molecule has 1 aliphatic rings. The zero-order chi connectivity index (χ0) is 12.7. The number of rotatable bonds is 2. The third-order valence-corrected chi connectivity index (χ3v) is 5.04. The van der Waals surface area contributed by atoms with Crippen LogP contribution < -0.4 is 4.90 Å². The Kier molecular flexibility index (Phi) is 2.83. The molecule has 3 heterocycles. The number of carbonyl (C=O) groups is 1. The maximum atomic E-state index is 11.5. The largest absolute Gasteiger partial charge is 0.479 e. The molecule has 1 N–H and O–H groups in total. The maximum Gasteiger partial charge on any atom is 0.331 e. The van der Waals surface area contributed by atoms with Gasteiger partial charge in [0.05, 0.1) is 5.69 Å². The number of aryl methyl sites for hydroxylation is 1. The van der Waals surface area contributed by atoms with Crippen LogP contribution in [0.3, 0.4) is 0 Å². The summed E-state index contributed by atoms with van der Waals surface area (Å²) in [4.78, 5) is 19.0. The van der Waals surface area contributed by atoms with Gasteiger partial charge in [0.25, 0.3) is 0 Å². The van der Waals surface area contributed by atoms with Gasteiger partial charge in [-0.1, -0.05) is 0 Å². The van der Waals surface area contributed by atoms with Crippen LogP contribution in [0.25, 0.3) is 0 Å². The average Bonchev–Trinajstić information content (AvgIpc) is 2.95. The predicted octanol–water partition coefficient (Wildman–Crippen LogP) is 2.70. The van der Waals surface area contributed by atoms with E-state index in [1.54, 1.807) is 11.3 Å². The van der Waals surface area contributed by atoms with Crippen molar-refractivity contribution in [3.63, 3.8) is 0 Å². The van der Waals surface area contributed by atoms with E-state index in [1.165, 1.54) is 16.2 Å². The molecule has 94 valence electrons. The summed E-state index contributed by atoms with van der Waals surface area (Å²) >= 11 is 3.15. The van der Waals surface area contributed by atoms with Crippen molar-refractivity contribution in [1.82, 2.24) is 4.98 Å². The van der Waals surface area contributed by atoms with Crippen LogP contribution in [0.1, 0.15) is 22.2 Å². The molecule has 0 spiro atoms. The number of nitrogens with zero attached hydrogens (tertiary/aromatic N) is 2. The van der Waals surface area contributed by atoms with E-state index in [0.717, 1.165) is 29.4 Å². The first-order valence-corrected chi connectivity index (χ1v) is 7.40. The van der Waals surface area contributed by atoms with Gasteiger partial charge in [0.15, 0.2) is 11.2 Å². The molecule has 0 aliphatic carbocycles. The second kappa shape index (κ2) is 4.37. The third-order valence-electron chi connectivity index (χ3n) is 3.05. The zero-order valence-corrected chi connectivity index (χ0v) is 11.4. The fourth-order valence-corrected chi connectivity index (χ4v) is 4.02. The predicted molar refractivity (Wildman–Crippen MR) is 72.6 cm³/mol. The number of aliphatic carboxylic acids is 1. The summed E-state index contributed by atoms with van der Waals surface area (Å²) in [5.41, 5.74) is 1.86. The zero-order valence-electron chi connectivity index (χ0n) is 9.79. The fourth-order valence-electron chi connectivity index (χ4n) is 2.26. The van der Waals surface area contributed by atoms with Gasteiger partial charge in [0, 0.05) is 16.8 Å². The van der Waals surface area contributed by atoms with Crippen molar-refractivity contribution < 1.29 is 9.90 Å². The Morgan fingerprint density at radius 1 is 1.56 bits per heavy atom. The highest BCUT2D eigenvalue weighted by Crippen LogP contribution is 2.37. The van der Waals surface area contributed by atoms with Crippen molar-refractivity contribution in [1.29, 1.82) is 0 Å². The van der Waals surface area contributed by atoms with Gasteiger partial charge in [-0.25, -0.2) is 9.78 Å². The summed E-state index contributed by atoms with van der Waals surface area (Å²) in [6, 6.07) is 1.33. The van der Waals surface area contributed by atoms with E-state index in [2.05, 4.69) is 4.98 Å². The Morgan fingerprint density at radius 3 is 3.06 bits per heavy atom. The second-order valence-electron chi connectivity index (χ2n) is 4.25. The Balaban J connectivity index is 2.03. The molecule has 6 heteroatoms. The smallest absolute Gasteiger partial charge is 0.331 e. The van der Waals surface area contributed by atoms with E-state index in [1.807, 2.05) is 28.7 Å². The highest BCUT2D eigenvalue weighted by atomic mass is 32.1. The normalized spacial score (nSPS) is 18.7. The van der Waals surface area contributed by atoms with Crippen LogP contribution in [0.15, 0.2) is 16.8 Å². The van der Waals surface area contributed by atoms with Crippen LogP contribution in [0.2, 0.25) is 0 Å². The van der Waals surface area contributed by atoms with Crippen LogP contribution in [0.4, 0.5) is 5.13 Å². The molecule has 4 nitrogen and oxygen atoms in total. The van der Waals surface area contributed by atoms with Gasteiger partial charge < -0.3 is 10.0 Å². The first-order chi connectivity index (χ1) is 8.66. The molecule has 18 heavy (non-hydrogen) atoms. The number of fused-ring (bicyclic) bond motifs is 1. The standard InChI is InChI=1S/C12H12N2O2S2/c1-7-6-18-12(13-7)14-4-2-9-8(3-5-17-9)10(14)11(15)16/h3,5-6,10H,2,4H2,1H3,(H,15,16). The Labute approximate surface area is 113 Å². The van der Waals surface area contributed by atoms with Crippen molar-refractivity contribution in [2.24, 2.45) is 0 Å². The number of carboxylic acids is 1. The summed E-state index contributed by atoms with van der Waals surface area (Å²) in [5.74, 6) is -0.804. The molecule has 1 atom stereocenters. The van der Waals surface area contributed by atoms with Crippen molar-refractivity contribution in [3.8, 4) is 0 Å². The van der Waals surface area contributed by atoms with Gasteiger partial charge in [-0.05, 0) is 30.4 Å². The van der Waals surface area contributed by atoms with Gasteiger partial charge in [-0.2, -0.15) is 0 Å². The summed E-state index contributed by atoms with van der Waals surface area (Å²) in [6.07, 6.45) is 0.898. The molecule has 0 saturated carbocycles. The molecule has 0 bridgehead atoms. The Morgan fingerprint density at radius 2 is 2.39 bits per heavy atom.